The smallest absolute Gasteiger partial charge is 0.212 e. The molecular formula is C11H23N3O2S. The lowest BCUT2D eigenvalue weighted by Gasteiger charge is -2.48. The molecule has 2 unspecified atom stereocenters. The van der Waals surface area contributed by atoms with Gasteiger partial charge < -0.3 is 5.73 Å². The number of nitrogens with zero attached hydrogens (tertiary/aromatic N) is 1. The lowest BCUT2D eigenvalue weighted by Crippen LogP contribution is -2.56. The number of nitrogens with one attached hydrogen (secondary N) is 1. The van der Waals surface area contributed by atoms with Gasteiger partial charge in [0.1, 0.15) is 0 Å². The molecule has 2 atom stereocenters. The molecule has 0 aliphatic carbocycles. The van der Waals surface area contributed by atoms with Gasteiger partial charge in [-0.25, -0.2) is 13.1 Å². The standard InChI is InChI=1S/C11H23N3O2S/c1-13-17(15,16)6-5-14-10-3-2-4-11(14)8-9(12)7-10/h9-11,13H,2-8,12H2,1H3. The summed E-state index contributed by atoms with van der Waals surface area (Å²) >= 11 is 0. The van der Waals surface area contributed by atoms with Gasteiger partial charge in [0.05, 0.1) is 5.75 Å². The van der Waals surface area contributed by atoms with Crippen LogP contribution in [0.4, 0.5) is 0 Å². The molecule has 5 nitrogen and oxygen atoms in total. The second-order valence-corrected chi connectivity index (χ2v) is 7.28. The summed E-state index contributed by atoms with van der Waals surface area (Å²) in [6, 6.07) is 1.32. The van der Waals surface area contributed by atoms with Crippen molar-refractivity contribution in [2.75, 3.05) is 19.3 Å². The number of hydrogen-bond donors (Lipinski definition) is 2. The first kappa shape index (κ1) is 13.3. The molecule has 2 bridgehead atoms. The minimum absolute atomic E-state index is 0.200. The van der Waals surface area contributed by atoms with Gasteiger partial charge in [-0.1, -0.05) is 6.42 Å². The van der Waals surface area contributed by atoms with Crippen LogP contribution in [0.2, 0.25) is 0 Å². The van der Waals surface area contributed by atoms with E-state index in [2.05, 4.69) is 9.62 Å². The van der Waals surface area contributed by atoms with E-state index in [-0.39, 0.29) is 5.75 Å². The number of fused-ring (bicyclic) bond motifs is 2. The van der Waals surface area contributed by atoms with Crippen LogP contribution in [0.5, 0.6) is 0 Å². The minimum Gasteiger partial charge on any atom is -0.328 e. The number of hydrogen-bond acceptors (Lipinski definition) is 4. The second kappa shape index (κ2) is 5.22. The topological polar surface area (TPSA) is 75.4 Å². The van der Waals surface area contributed by atoms with E-state index in [0.29, 0.717) is 24.7 Å². The highest BCUT2D eigenvalue weighted by molar-refractivity contribution is 7.89. The molecule has 0 radical (unpaired) electrons. The lowest BCUT2D eigenvalue weighted by atomic mass is 9.82. The first-order chi connectivity index (χ1) is 8.02. The predicted octanol–water partition coefficient (Wildman–Crippen LogP) is -0.120. The fourth-order valence-electron chi connectivity index (χ4n) is 3.21. The van der Waals surface area contributed by atoms with Crippen molar-refractivity contribution in [1.29, 1.82) is 0 Å². The van der Waals surface area contributed by atoms with E-state index in [0.717, 1.165) is 12.8 Å². The summed E-state index contributed by atoms with van der Waals surface area (Å²) in [5.41, 5.74) is 6.04. The Bertz CT molecular complexity index is 344. The van der Waals surface area contributed by atoms with Gasteiger partial charge in [0, 0.05) is 24.7 Å². The van der Waals surface area contributed by atoms with E-state index in [1.807, 2.05) is 0 Å². The molecule has 2 saturated heterocycles. The maximum Gasteiger partial charge on any atom is 0.212 e. The van der Waals surface area contributed by atoms with Crippen molar-refractivity contribution in [2.45, 2.75) is 50.2 Å². The van der Waals surface area contributed by atoms with Gasteiger partial charge in [-0.2, -0.15) is 0 Å². The molecule has 100 valence electrons. The van der Waals surface area contributed by atoms with Crippen molar-refractivity contribution in [2.24, 2.45) is 5.73 Å². The van der Waals surface area contributed by atoms with E-state index in [9.17, 15) is 8.42 Å². The molecule has 2 fully saturated rings. The third-order valence-electron chi connectivity index (χ3n) is 4.09. The molecule has 2 rings (SSSR count). The van der Waals surface area contributed by atoms with Gasteiger partial charge in [0.2, 0.25) is 10.0 Å². The zero-order valence-electron chi connectivity index (χ0n) is 10.4. The Morgan fingerprint density at radius 1 is 1.29 bits per heavy atom. The molecule has 3 N–H and O–H groups in total. The number of rotatable bonds is 4. The second-order valence-electron chi connectivity index (χ2n) is 5.23. The molecule has 2 aliphatic rings. The van der Waals surface area contributed by atoms with Gasteiger partial charge in [-0.3, -0.25) is 4.90 Å². The maximum atomic E-state index is 11.5. The van der Waals surface area contributed by atoms with Crippen molar-refractivity contribution >= 4 is 10.0 Å². The van der Waals surface area contributed by atoms with Crippen LogP contribution in [0, 0.1) is 0 Å². The average Bonchev–Trinajstić information content (AvgIpc) is 2.26. The highest BCUT2D eigenvalue weighted by Gasteiger charge is 2.37. The molecule has 0 amide bonds. The van der Waals surface area contributed by atoms with Crippen LogP contribution in [0.25, 0.3) is 0 Å². The SMILES string of the molecule is CNS(=O)(=O)CCN1C2CCCC1CC(N)C2. The normalized spacial score (nSPS) is 34.8. The lowest BCUT2D eigenvalue weighted by molar-refractivity contribution is 0.0373. The Labute approximate surface area is 104 Å². The summed E-state index contributed by atoms with van der Waals surface area (Å²) < 4.78 is 25.3. The number of nitrogens with two attached hydrogens (primary N) is 1. The fraction of sp³-hybridized carbons (Fsp3) is 1.00. The van der Waals surface area contributed by atoms with Crippen molar-refractivity contribution in [3.63, 3.8) is 0 Å². The summed E-state index contributed by atoms with van der Waals surface area (Å²) in [6.07, 6.45) is 5.65. The zero-order valence-corrected chi connectivity index (χ0v) is 11.2. The van der Waals surface area contributed by atoms with E-state index < -0.39 is 10.0 Å². The molecule has 0 aromatic carbocycles. The van der Waals surface area contributed by atoms with Gasteiger partial charge in [0.25, 0.3) is 0 Å². The zero-order chi connectivity index (χ0) is 12.5. The minimum atomic E-state index is -3.09. The van der Waals surface area contributed by atoms with Gasteiger partial charge >= 0.3 is 0 Å². The van der Waals surface area contributed by atoms with E-state index in [4.69, 9.17) is 5.73 Å². The Morgan fingerprint density at radius 3 is 2.41 bits per heavy atom. The molecule has 6 heteroatoms. The fourth-order valence-corrected chi connectivity index (χ4v) is 3.87. The van der Waals surface area contributed by atoms with Gasteiger partial charge in [-0.05, 0) is 32.7 Å². The highest BCUT2D eigenvalue weighted by atomic mass is 32.2. The Kier molecular flexibility index (Phi) is 4.07. The van der Waals surface area contributed by atoms with Gasteiger partial charge in [0.15, 0.2) is 0 Å². The summed E-state index contributed by atoms with van der Waals surface area (Å²) in [4.78, 5) is 2.38. The quantitative estimate of drug-likeness (QED) is 0.740. The Balaban J connectivity index is 1.96. The van der Waals surface area contributed by atoms with Crippen LogP contribution >= 0.6 is 0 Å². The first-order valence-electron chi connectivity index (χ1n) is 6.44. The van der Waals surface area contributed by atoms with Crippen LogP contribution in [0.15, 0.2) is 0 Å². The summed E-state index contributed by atoms with van der Waals surface area (Å²) in [5.74, 6) is 0.200. The summed E-state index contributed by atoms with van der Waals surface area (Å²) in [5, 5.41) is 0. The van der Waals surface area contributed by atoms with E-state index in [1.54, 1.807) is 0 Å². The molecular weight excluding hydrogens is 238 g/mol. The predicted molar refractivity (Wildman–Crippen MR) is 68.2 cm³/mol. The molecule has 0 spiro atoms. The van der Waals surface area contributed by atoms with Crippen LogP contribution in [-0.4, -0.2) is 50.8 Å². The number of piperidine rings is 2. The van der Waals surface area contributed by atoms with E-state index in [1.165, 1.54) is 26.3 Å². The monoisotopic (exact) mass is 261 g/mol. The molecule has 0 aromatic heterocycles. The van der Waals surface area contributed by atoms with Gasteiger partial charge in [-0.15, -0.1) is 0 Å². The van der Waals surface area contributed by atoms with Crippen LogP contribution in [-0.2, 0) is 10.0 Å². The van der Waals surface area contributed by atoms with Crippen molar-refractivity contribution in [3.8, 4) is 0 Å². The molecule has 0 aromatic rings. The van der Waals surface area contributed by atoms with Crippen molar-refractivity contribution < 1.29 is 8.42 Å². The van der Waals surface area contributed by atoms with Crippen LogP contribution < -0.4 is 10.5 Å². The van der Waals surface area contributed by atoms with Crippen LogP contribution in [0.1, 0.15) is 32.1 Å². The van der Waals surface area contributed by atoms with Crippen LogP contribution in [0.3, 0.4) is 0 Å². The largest absolute Gasteiger partial charge is 0.328 e. The molecule has 0 saturated carbocycles. The Morgan fingerprint density at radius 2 is 1.88 bits per heavy atom. The molecule has 2 aliphatic heterocycles. The number of sulfonamides is 1. The maximum absolute atomic E-state index is 11.5. The third kappa shape index (κ3) is 3.19. The molecule has 2 heterocycles. The highest BCUT2D eigenvalue weighted by Crippen LogP contribution is 2.33. The molecule has 17 heavy (non-hydrogen) atoms. The van der Waals surface area contributed by atoms with Crippen molar-refractivity contribution in [1.82, 2.24) is 9.62 Å². The first-order valence-corrected chi connectivity index (χ1v) is 8.09. The summed E-state index contributed by atoms with van der Waals surface area (Å²) in [7, 11) is -1.61. The summed E-state index contributed by atoms with van der Waals surface area (Å²) in [6.45, 7) is 0.644. The van der Waals surface area contributed by atoms with E-state index >= 15 is 0 Å². The average molecular weight is 261 g/mol. The van der Waals surface area contributed by atoms with Crippen molar-refractivity contribution in [3.05, 3.63) is 0 Å². The third-order valence-corrected chi connectivity index (χ3v) is 5.43. The Hall–Kier alpha value is -0.170.